The average molecular weight is 293 g/mol. The summed E-state index contributed by atoms with van der Waals surface area (Å²) in [5.74, 6) is -1.85. The molecule has 0 heterocycles. The molecular formula is C16H20FNO3. The summed E-state index contributed by atoms with van der Waals surface area (Å²) in [4.78, 5) is 25.0. The first kappa shape index (κ1) is 15.5. The van der Waals surface area contributed by atoms with E-state index in [1.165, 1.54) is 12.1 Å². The molecule has 1 aliphatic carbocycles. The lowest BCUT2D eigenvalue weighted by Crippen LogP contribution is -2.36. The Balaban J connectivity index is 1.97. The van der Waals surface area contributed by atoms with E-state index in [0.717, 1.165) is 18.4 Å². The van der Waals surface area contributed by atoms with Crippen molar-refractivity contribution in [3.05, 3.63) is 35.6 Å². The van der Waals surface area contributed by atoms with Crippen LogP contribution in [0.3, 0.4) is 0 Å². The van der Waals surface area contributed by atoms with Gasteiger partial charge in [-0.1, -0.05) is 18.6 Å². The van der Waals surface area contributed by atoms with E-state index in [9.17, 15) is 14.0 Å². The fourth-order valence-corrected chi connectivity index (χ4v) is 2.94. The molecule has 114 valence electrons. The largest absolute Gasteiger partial charge is 0.481 e. The van der Waals surface area contributed by atoms with Gasteiger partial charge >= 0.3 is 5.97 Å². The van der Waals surface area contributed by atoms with E-state index in [4.69, 9.17) is 5.11 Å². The van der Waals surface area contributed by atoms with E-state index in [2.05, 4.69) is 0 Å². The second-order valence-electron chi connectivity index (χ2n) is 5.72. The molecule has 21 heavy (non-hydrogen) atoms. The van der Waals surface area contributed by atoms with E-state index in [-0.39, 0.29) is 17.6 Å². The fourth-order valence-electron chi connectivity index (χ4n) is 2.94. The number of carbonyl (C=O) groups is 2. The highest BCUT2D eigenvalue weighted by Gasteiger charge is 2.32. The first-order chi connectivity index (χ1) is 9.97. The molecule has 1 N–H and O–H groups in total. The van der Waals surface area contributed by atoms with Crippen LogP contribution in [0.25, 0.3) is 0 Å². The number of rotatable bonds is 4. The van der Waals surface area contributed by atoms with Gasteiger partial charge < -0.3 is 10.0 Å². The van der Waals surface area contributed by atoms with Crippen LogP contribution in [-0.4, -0.2) is 28.9 Å². The molecule has 5 heteroatoms. The summed E-state index contributed by atoms with van der Waals surface area (Å²) in [6.45, 7) is 0.338. The molecular weight excluding hydrogens is 273 g/mol. The van der Waals surface area contributed by atoms with Gasteiger partial charge in [0.05, 0.1) is 5.92 Å². The molecule has 2 rings (SSSR count). The zero-order valence-electron chi connectivity index (χ0n) is 12.1. The molecule has 2 atom stereocenters. The second kappa shape index (κ2) is 6.70. The molecule has 0 saturated heterocycles. The Morgan fingerprint density at radius 2 is 2.05 bits per heavy atom. The van der Waals surface area contributed by atoms with Crippen LogP contribution in [0.2, 0.25) is 0 Å². The lowest BCUT2D eigenvalue weighted by molar-refractivity contribution is -0.145. The third-order valence-electron chi connectivity index (χ3n) is 4.06. The molecule has 1 amide bonds. The number of hydrogen-bond acceptors (Lipinski definition) is 2. The predicted molar refractivity (Wildman–Crippen MR) is 76.0 cm³/mol. The standard InChI is InChI=1S/C16H20FNO3/c1-18(10-11-4-2-7-14(17)8-11)15(19)12-5-3-6-13(9-12)16(20)21/h2,4,7-8,12-13H,3,5-6,9-10H2,1H3,(H,20,21)/t12-,13+/m1/s1. The summed E-state index contributed by atoms with van der Waals surface area (Å²) in [5.41, 5.74) is 0.733. The minimum atomic E-state index is -0.819. The number of nitrogens with zero attached hydrogens (tertiary/aromatic N) is 1. The molecule has 0 spiro atoms. The maximum atomic E-state index is 13.1. The van der Waals surface area contributed by atoms with Crippen molar-refractivity contribution in [2.24, 2.45) is 11.8 Å². The van der Waals surface area contributed by atoms with Gasteiger partial charge in [0.25, 0.3) is 0 Å². The Labute approximate surface area is 123 Å². The zero-order chi connectivity index (χ0) is 15.4. The Hall–Kier alpha value is -1.91. The van der Waals surface area contributed by atoms with Gasteiger partial charge in [-0.3, -0.25) is 9.59 Å². The minimum Gasteiger partial charge on any atom is -0.481 e. The summed E-state index contributed by atoms with van der Waals surface area (Å²) < 4.78 is 13.1. The highest BCUT2D eigenvalue weighted by molar-refractivity contribution is 5.80. The van der Waals surface area contributed by atoms with Crippen molar-refractivity contribution in [3.8, 4) is 0 Å². The van der Waals surface area contributed by atoms with E-state index >= 15 is 0 Å². The van der Waals surface area contributed by atoms with Crippen LogP contribution < -0.4 is 0 Å². The Kier molecular flexibility index (Phi) is 4.94. The summed E-state index contributed by atoms with van der Waals surface area (Å²) in [5, 5.41) is 9.08. The van der Waals surface area contributed by atoms with Crippen LogP contribution >= 0.6 is 0 Å². The van der Waals surface area contributed by atoms with Gasteiger partial charge in [0.1, 0.15) is 5.82 Å². The van der Waals surface area contributed by atoms with Gasteiger partial charge in [-0.2, -0.15) is 0 Å². The first-order valence-electron chi connectivity index (χ1n) is 7.19. The number of carboxylic acids is 1. The number of carboxylic acid groups (broad SMARTS) is 1. The third kappa shape index (κ3) is 4.03. The molecule has 4 nitrogen and oxygen atoms in total. The normalized spacial score (nSPS) is 21.8. The van der Waals surface area contributed by atoms with Gasteiger partial charge in [0, 0.05) is 19.5 Å². The average Bonchev–Trinajstić information content (AvgIpc) is 2.46. The zero-order valence-corrected chi connectivity index (χ0v) is 12.1. The van der Waals surface area contributed by atoms with Gasteiger partial charge in [-0.25, -0.2) is 4.39 Å². The molecule has 1 saturated carbocycles. The number of benzene rings is 1. The van der Waals surface area contributed by atoms with Crippen molar-refractivity contribution in [1.29, 1.82) is 0 Å². The second-order valence-corrected chi connectivity index (χ2v) is 5.72. The molecule has 0 unspecified atom stereocenters. The molecule has 0 aliphatic heterocycles. The highest BCUT2D eigenvalue weighted by atomic mass is 19.1. The number of carbonyl (C=O) groups excluding carboxylic acids is 1. The summed E-state index contributed by atoms with van der Waals surface area (Å²) in [6.07, 6.45) is 2.55. The number of halogens is 1. The lowest BCUT2D eigenvalue weighted by atomic mass is 9.81. The lowest BCUT2D eigenvalue weighted by Gasteiger charge is -2.29. The smallest absolute Gasteiger partial charge is 0.306 e. The molecule has 1 aromatic carbocycles. The van der Waals surface area contributed by atoms with Crippen LogP contribution in [0.15, 0.2) is 24.3 Å². The Morgan fingerprint density at radius 1 is 1.33 bits per heavy atom. The molecule has 1 aromatic rings. The molecule has 0 bridgehead atoms. The third-order valence-corrected chi connectivity index (χ3v) is 4.06. The van der Waals surface area contributed by atoms with E-state index in [1.807, 2.05) is 0 Å². The number of amides is 1. The topological polar surface area (TPSA) is 57.6 Å². The predicted octanol–water partition coefficient (Wildman–Crippen LogP) is 2.68. The number of hydrogen-bond donors (Lipinski definition) is 1. The van der Waals surface area contributed by atoms with Crippen molar-refractivity contribution in [3.63, 3.8) is 0 Å². The summed E-state index contributed by atoms with van der Waals surface area (Å²) in [7, 11) is 1.68. The quantitative estimate of drug-likeness (QED) is 0.928. The van der Waals surface area contributed by atoms with E-state index < -0.39 is 11.9 Å². The summed E-state index contributed by atoms with van der Waals surface area (Å²) in [6, 6.07) is 6.16. The first-order valence-corrected chi connectivity index (χ1v) is 7.19. The van der Waals surface area contributed by atoms with Crippen molar-refractivity contribution >= 4 is 11.9 Å². The van der Waals surface area contributed by atoms with Crippen molar-refractivity contribution in [2.45, 2.75) is 32.2 Å². The number of aliphatic carboxylic acids is 1. The van der Waals surface area contributed by atoms with Crippen molar-refractivity contribution < 1.29 is 19.1 Å². The Bertz CT molecular complexity index is 532. The van der Waals surface area contributed by atoms with E-state index in [0.29, 0.717) is 19.4 Å². The fraction of sp³-hybridized carbons (Fsp3) is 0.500. The van der Waals surface area contributed by atoms with Crippen molar-refractivity contribution in [1.82, 2.24) is 4.90 Å². The molecule has 0 radical (unpaired) electrons. The maximum absolute atomic E-state index is 13.1. The molecule has 0 aromatic heterocycles. The van der Waals surface area contributed by atoms with Gasteiger partial charge in [0.2, 0.25) is 5.91 Å². The SMILES string of the molecule is CN(Cc1cccc(F)c1)C(=O)[C@@H]1CCC[C@H](C(=O)O)C1. The summed E-state index contributed by atoms with van der Waals surface area (Å²) >= 11 is 0. The van der Waals surface area contributed by atoms with Crippen LogP contribution in [0.4, 0.5) is 4.39 Å². The minimum absolute atomic E-state index is 0.0507. The van der Waals surface area contributed by atoms with E-state index in [1.54, 1.807) is 24.1 Å². The van der Waals surface area contributed by atoms with Gasteiger partial charge in [-0.15, -0.1) is 0 Å². The van der Waals surface area contributed by atoms with Crippen LogP contribution in [0.5, 0.6) is 0 Å². The van der Waals surface area contributed by atoms with Crippen LogP contribution in [0, 0.1) is 17.7 Å². The van der Waals surface area contributed by atoms with Crippen LogP contribution in [-0.2, 0) is 16.1 Å². The van der Waals surface area contributed by atoms with Crippen molar-refractivity contribution in [2.75, 3.05) is 7.05 Å². The monoisotopic (exact) mass is 293 g/mol. The highest BCUT2D eigenvalue weighted by Crippen LogP contribution is 2.30. The maximum Gasteiger partial charge on any atom is 0.306 e. The molecule has 1 fully saturated rings. The van der Waals surface area contributed by atoms with Gasteiger partial charge in [0.15, 0.2) is 0 Å². The van der Waals surface area contributed by atoms with Crippen LogP contribution in [0.1, 0.15) is 31.2 Å². The molecule has 1 aliphatic rings. The Morgan fingerprint density at radius 3 is 2.71 bits per heavy atom. The van der Waals surface area contributed by atoms with Gasteiger partial charge in [-0.05, 0) is 37.0 Å².